The summed E-state index contributed by atoms with van der Waals surface area (Å²) in [6, 6.07) is 13.5. The summed E-state index contributed by atoms with van der Waals surface area (Å²) in [7, 11) is 1.58. The zero-order chi connectivity index (χ0) is 20.3. The fourth-order valence-electron chi connectivity index (χ4n) is 3.83. The van der Waals surface area contributed by atoms with Crippen LogP contribution in [0.2, 0.25) is 0 Å². The van der Waals surface area contributed by atoms with Gasteiger partial charge in [-0.1, -0.05) is 42.3 Å². The molecule has 0 radical (unpaired) electrons. The van der Waals surface area contributed by atoms with Gasteiger partial charge in [0, 0.05) is 5.56 Å². The number of hydrogen-bond acceptors (Lipinski definition) is 6. The number of carbonyl (C=O) groups excluding carboxylic acids is 1. The van der Waals surface area contributed by atoms with Crippen molar-refractivity contribution in [3.63, 3.8) is 0 Å². The van der Waals surface area contributed by atoms with Gasteiger partial charge in [-0.25, -0.2) is 4.39 Å². The van der Waals surface area contributed by atoms with Crippen LogP contribution in [0.5, 0.6) is 5.75 Å². The van der Waals surface area contributed by atoms with Crippen LogP contribution in [0.3, 0.4) is 0 Å². The molecule has 3 aromatic rings. The van der Waals surface area contributed by atoms with E-state index in [2.05, 4.69) is 10.1 Å². The smallest absolute Gasteiger partial charge is 0.317 e. The predicted molar refractivity (Wildman–Crippen MR) is 103 cm³/mol. The zero-order valence-electron chi connectivity index (χ0n) is 16.1. The Bertz CT molecular complexity index is 1010. The first-order valence-electron chi connectivity index (χ1n) is 9.51. The van der Waals surface area contributed by atoms with Crippen LogP contribution >= 0.6 is 0 Å². The molecule has 0 saturated heterocycles. The van der Waals surface area contributed by atoms with E-state index in [-0.39, 0.29) is 24.3 Å². The van der Waals surface area contributed by atoms with Gasteiger partial charge < -0.3 is 14.0 Å². The number of carbonyl (C=O) groups is 1. The molecule has 0 N–H and O–H groups in total. The molecular weight excluding hydrogens is 375 g/mol. The molecule has 29 heavy (non-hydrogen) atoms. The predicted octanol–water partition coefficient (Wildman–Crippen LogP) is 4.44. The highest BCUT2D eigenvalue weighted by Crippen LogP contribution is 2.42. The van der Waals surface area contributed by atoms with Crippen molar-refractivity contribution in [2.24, 2.45) is 0 Å². The summed E-state index contributed by atoms with van der Waals surface area (Å²) in [5.74, 6) is 0.515. The molecule has 1 heterocycles. The van der Waals surface area contributed by atoms with E-state index in [0.29, 0.717) is 30.0 Å². The highest BCUT2D eigenvalue weighted by Gasteiger charge is 2.44. The number of esters is 1. The maximum Gasteiger partial charge on any atom is 0.317 e. The largest absolute Gasteiger partial charge is 0.497 e. The molecule has 1 aliphatic carbocycles. The van der Waals surface area contributed by atoms with Gasteiger partial charge in [0.05, 0.1) is 12.5 Å². The molecule has 1 aromatic heterocycles. The molecule has 7 heteroatoms. The number of ether oxygens (including phenoxy) is 2. The van der Waals surface area contributed by atoms with E-state index in [0.717, 1.165) is 18.4 Å². The van der Waals surface area contributed by atoms with Crippen molar-refractivity contribution >= 4 is 5.97 Å². The van der Waals surface area contributed by atoms with Gasteiger partial charge >= 0.3 is 5.97 Å². The molecule has 4 rings (SSSR count). The highest BCUT2D eigenvalue weighted by atomic mass is 19.1. The van der Waals surface area contributed by atoms with Crippen molar-refractivity contribution < 1.29 is 23.2 Å². The normalized spacial score (nSPS) is 15.2. The van der Waals surface area contributed by atoms with E-state index in [9.17, 15) is 9.18 Å². The van der Waals surface area contributed by atoms with Crippen LogP contribution < -0.4 is 4.74 Å². The monoisotopic (exact) mass is 396 g/mol. The zero-order valence-corrected chi connectivity index (χ0v) is 16.1. The standard InChI is InChI=1S/C22H21FN2O4/c1-27-18-9-4-6-15(12-18)20-24-19(29-25-20)14-28-21(26)22(10-2-3-11-22)16-7-5-8-17(23)13-16/h4-9,12-13H,2-3,10-11,14H2,1H3. The Hall–Kier alpha value is -3.22. The molecular formula is C22H21FN2O4. The van der Waals surface area contributed by atoms with Gasteiger partial charge in [-0.3, -0.25) is 4.79 Å². The summed E-state index contributed by atoms with van der Waals surface area (Å²) in [5.41, 5.74) is 0.567. The number of halogens is 1. The molecule has 6 nitrogen and oxygen atoms in total. The van der Waals surface area contributed by atoms with Crippen molar-refractivity contribution in [3.05, 3.63) is 65.8 Å². The van der Waals surface area contributed by atoms with Gasteiger partial charge in [0.15, 0.2) is 6.61 Å². The van der Waals surface area contributed by atoms with E-state index >= 15 is 0 Å². The van der Waals surface area contributed by atoms with Gasteiger partial charge in [0.2, 0.25) is 5.82 Å². The maximum absolute atomic E-state index is 13.7. The average Bonchev–Trinajstić information content (AvgIpc) is 3.43. The van der Waals surface area contributed by atoms with E-state index < -0.39 is 5.41 Å². The van der Waals surface area contributed by atoms with Crippen LogP contribution in [0.25, 0.3) is 11.4 Å². The van der Waals surface area contributed by atoms with E-state index in [1.165, 1.54) is 12.1 Å². The van der Waals surface area contributed by atoms with E-state index in [1.807, 2.05) is 18.2 Å². The van der Waals surface area contributed by atoms with Crippen molar-refractivity contribution in [1.29, 1.82) is 0 Å². The summed E-state index contributed by atoms with van der Waals surface area (Å²) in [5, 5.41) is 3.94. The second-order valence-corrected chi connectivity index (χ2v) is 7.12. The second kappa shape index (κ2) is 8.03. The molecule has 150 valence electrons. The maximum atomic E-state index is 13.7. The Labute approximate surface area is 167 Å². The number of benzene rings is 2. The summed E-state index contributed by atoms with van der Waals surface area (Å²) >= 11 is 0. The fraction of sp³-hybridized carbons (Fsp3) is 0.318. The van der Waals surface area contributed by atoms with Crippen LogP contribution in [0.1, 0.15) is 37.1 Å². The third-order valence-corrected chi connectivity index (χ3v) is 5.35. The Morgan fingerprint density at radius 2 is 1.97 bits per heavy atom. The van der Waals surface area contributed by atoms with Crippen LogP contribution in [0.15, 0.2) is 53.1 Å². The lowest BCUT2D eigenvalue weighted by molar-refractivity contribution is -0.152. The third kappa shape index (κ3) is 3.85. The van der Waals surface area contributed by atoms with Crippen molar-refractivity contribution in [2.75, 3.05) is 7.11 Å². The Morgan fingerprint density at radius 1 is 1.17 bits per heavy atom. The van der Waals surface area contributed by atoms with Gasteiger partial charge in [-0.15, -0.1) is 0 Å². The first-order chi connectivity index (χ1) is 14.1. The van der Waals surface area contributed by atoms with E-state index in [1.54, 1.807) is 25.3 Å². The number of rotatable bonds is 6. The summed E-state index contributed by atoms with van der Waals surface area (Å²) in [6.07, 6.45) is 3.06. The molecule has 1 fully saturated rings. The number of aromatic nitrogens is 2. The van der Waals surface area contributed by atoms with Gasteiger partial charge in [0.25, 0.3) is 5.89 Å². The SMILES string of the molecule is COc1cccc(-c2noc(COC(=O)C3(c4cccc(F)c4)CCCC3)n2)c1. The summed E-state index contributed by atoms with van der Waals surface area (Å²) in [4.78, 5) is 17.3. The van der Waals surface area contributed by atoms with Crippen molar-refractivity contribution in [2.45, 2.75) is 37.7 Å². The van der Waals surface area contributed by atoms with Gasteiger partial charge in [-0.05, 0) is 42.7 Å². The first kappa shape index (κ1) is 19.1. The molecule has 1 saturated carbocycles. The minimum Gasteiger partial charge on any atom is -0.497 e. The quantitative estimate of drug-likeness (QED) is 0.574. The van der Waals surface area contributed by atoms with Gasteiger partial charge in [0.1, 0.15) is 11.6 Å². The highest BCUT2D eigenvalue weighted by molar-refractivity contribution is 5.83. The van der Waals surface area contributed by atoms with E-state index in [4.69, 9.17) is 14.0 Å². The summed E-state index contributed by atoms with van der Waals surface area (Å²) < 4.78 is 29.7. The second-order valence-electron chi connectivity index (χ2n) is 7.12. The molecule has 0 atom stereocenters. The molecule has 0 unspecified atom stereocenters. The van der Waals surface area contributed by atoms with Gasteiger partial charge in [-0.2, -0.15) is 4.98 Å². The number of hydrogen-bond donors (Lipinski definition) is 0. The van der Waals surface area contributed by atoms with Crippen LogP contribution in [-0.2, 0) is 21.6 Å². The first-order valence-corrected chi connectivity index (χ1v) is 9.51. The Morgan fingerprint density at radius 3 is 2.72 bits per heavy atom. The molecule has 0 aliphatic heterocycles. The van der Waals surface area contributed by atoms with Crippen molar-refractivity contribution in [1.82, 2.24) is 10.1 Å². The molecule has 2 aromatic carbocycles. The topological polar surface area (TPSA) is 74.5 Å². The summed E-state index contributed by atoms with van der Waals surface area (Å²) in [6.45, 7) is -0.132. The average molecular weight is 396 g/mol. The number of methoxy groups -OCH3 is 1. The van der Waals surface area contributed by atoms with Crippen molar-refractivity contribution in [3.8, 4) is 17.1 Å². The molecule has 0 amide bonds. The molecule has 1 aliphatic rings. The third-order valence-electron chi connectivity index (χ3n) is 5.35. The van der Waals surface area contributed by atoms with Crippen LogP contribution in [0.4, 0.5) is 4.39 Å². The lowest BCUT2D eigenvalue weighted by Crippen LogP contribution is -2.34. The Kier molecular flexibility index (Phi) is 5.29. The minimum absolute atomic E-state index is 0.132. The number of nitrogens with zero attached hydrogens (tertiary/aromatic N) is 2. The molecule has 0 bridgehead atoms. The van der Waals surface area contributed by atoms with Crippen LogP contribution in [0, 0.1) is 5.82 Å². The molecule has 0 spiro atoms. The Balaban J connectivity index is 1.48. The lowest BCUT2D eigenvalue weighted by Gasteiger charge is -2.26. The van der Waals surface area contributed by atoms with Crippen LogP contribution in [-0.4, -0.2) is 23.2 Å². The lowest BCUT2D eigenvalue weighted by atomic mass is 9.79. The minimum atomic E-state index is -0.822. The fourth-order valence-corrected chi connectivity index (χ4v) is 3.83.